The lowest BCUT2D eigenvalue weighted by atomic mass is 10.2. The summed E-state index contributed by atoms with van der Waals surface area (Å²) in [5.41, 5.74) is 1.79. The molecule has 0 aliphatic heterocycles. The van der Waals surface area contributed by atoms with Gasteiger partial charge in [0.1, 0.15) is 11.5 Å². The molecule has 2 aromatic carbocycles. The van der Waals surface area contributed by atoms with Crippen LogP contribution in [0.3, 0.4) is 0 Å². The Hall–Kier alpha value is -2.53. The van der Waals surface area contributed by atoms with Crippen molar-refractivity contribution in [2.75, 3.05) is 18.5 Å². The number of nitrogens with one attached hydrogen (secondary N) is 2. The summed E-state index contributed by atoms with van der Waals surface area (Å²) in [6.45, 7) is 2.14. The number of carbonyl (C=O) groups excluding carboxylic acids is 1. The molecule has 0 atom stereocenters. The molecule has 2 rings (SSSR count). The third kappa shape index (κ3) is 4.81. The molecule has 110 valence electrons. The third-order valence-electron chi connectivity index (χ3n) is 2.73. The number of hydrogen-bond donors (Lipinski definition) is 3. The third-order valence-corrected chi connectivity index (χ3v) is 2.73. The molecule has 2 amide bonds. The summed E-state index contributed by atoms with van der Waals surface area (Å²) < 4.78 is 5.72. The van der Waals surface area contributed by atoms with Crippen LogP contribution < -0.4 is 15.4 Å². The Morgan fingerprint density at radius 2 is 1.90 bits per heavy atom. The second-order valence-corrected chi connectivity index (χ2v) is 4.55. The van der Waals surface area contributed by atoms with Crippen LogP contribution >= 0.6 is 0 Å². The molecule has 0 radical (unpaired) electrons. The van der Waals surface area contributed by atoms with Crippen LogP contribution in [0.15, 0.2) is 48.5 Å². The minimum Gasteiger partial charge on any atom is -0.457 e. The Bertz CT molecular complexity index is 597. The molecular weight excluding hydrogens is 268 g/mol. The molecule has 21 heavy (non-hydrogen) atoms. The number of anilines is 1. The Morgan fingerprint density at radius 3 is 2.57 bits per heavy atom. The Balaban J connectivity index is 1.94. The van der Waals surface area contributed by atoms with Crippen LogP contribution in [0, 0.1) is 6.92 Å². The summed E-state index contributed by atoms with van der Waals surface area (Å²) in [4.78, 5) is 11.4. The monoisotopic (exact) mass is 286 g/mol. The van der Waals surface area contributed by atoms with Crippen molar-refractivity contribution in [1.82, 2.24) is 5.32 Å². The van der Waals surface area contributed by atoms with E-state index >= 15 is 0 Å². The van der Waals surface area contributed by atoms with Gasteiger partial charge in [-0.25, -0.2) is 4.79 Å². The quantitative estimate of drug-likeness (QED) is 0.791. The van der Waals surface area contributed by atoms with E-state index in [0.29, 0.717) is 11.4 Å². The van der Waals surface area contributed by atoms with Crippen molar-refractivity contribution in [3.8, 4) is 11.5 Å². The number of urea groups is 1. The molecule has 0 fully saturated rings. The van der Waals surface area contributed by atoms with Crippen molar-refractivity contribution in [2.24, 2.45) is 0 Å². The molecule has 3 N–H and O–H groups in total. The minimum absolute atomic E-state index is 0.0866. The first-order valence-electron chi connectivity index (χ1n) is 6.67. The van der Waals surface area contributed by atoms with Crippen molar-refractivity contribution >= 4 is 11.7 Å². The predicted octanol–water partition coefficient (Wildman–Crippen LogP) is 2.90. The molecule has 0 heterocycles. The summed E-state index contributed by atoms with van der Waals surface area (Å²) >= 11 is 0. The van der Waals surface area contributed by atoms with E-state index in [2.05, 4.69) is 10.6 Å². The van der Waals surface area contributed by atoms with Gasteiger partial charge >= 0.3 is 6.03 Å². The van der Waals surface area contributed by atoms with Crippen molar-refractivity contribution in [3.05, 3.63) is 54.1 Å². The first-order chi connectivity index (χ1) is 10.2. The highest BCUT2D eigenvalue weighted by Gasteiger charge is 2.02. The van der Waals surface area contributed by atoms with Crippen molar-refractivity contribution in [1.29, 1.82) is 0 Å². The summed E-state index contributed by atoms with van der Waals surface area (Å²) in [6.07, 6.45) is 0. The molecule has 0 aliphatic carbocycles. The normalized spacial score (nSPS) is 10.0. The van der Waals surface area contributed by atoms with Crippen molar-refractivity contribution < 1.29 is 14.6 Å². The van der Waals surface area contributed by atoms with E-state index in [1.54, 1.807) is 24.3 Å². The van der Waals surface area contributed by atoms with E-state index in [9.17, 15) is 4.79 Å². The Morgan fingerprint density at radius 1 is 1.14 bits per heavy atom. The SMILES string of the molecule is Cc1cccc(Oc2ccc(NC(=O)NCCO)cc2)c1. The lowest BCUT2D eigenvalue weighted by Crippen LogP contribution is -2.30. The van der Waals surface area contributed by atoms with E-state index in [1.165, 1.54) is 0 Å². The minimum atomic E-state index is -0.351. The van der Waals surface area contributed by atoms with Crippen LogP contribution in [0.4, 0.5) is 10.5 Å². The number of rotatable bonds is 5. The molecule has 0 aromatic heterocycles. The number of aryl methyl sites for hydroxylation is 1. The first kappa shape index (κ1) is 14.9. The molecule has 0 aliphatic rings. The summed E-state index contributed by atoms with van der Waals surface area (Å²) in [5, 5.41) is 13.8. The lowest BCUT2D eigenvalue weighted by molar-refractivity contribution is 0.245. The van der Waals surface area contributed by atoms with Crippen LogP contribution in [0.1, 0.15) is 5.56 Å². The second-order valence-electron chi connectivity index (χ2n) is 4.55. The largest absolute Gasteiger partial charge is 0.457 e. The number of benzene rings is 2. The second kappa shape index (κ2) is 7.31. The topological polar surface area (TPSA) is 70.6 Å². The first-order valence-corrected chi connectivity index (χ1v) is 6.67. The van der Waals surface area contributed by atoms with Gasteiger partial charge in [-0.15, -0.1) is 0 Å². The smallest absolute Gasteiger partial charge is 0.319 e. The van der Waals surface area contributed by atoms with E-state index in [0.717, 1.165) is 11.3 Å². The van der Waals surface area contributed by atoms with Gasteiger partial charge < -0.3 is 20.5 Å². The van der Waals surface area contributed by atoms with Crippen LogP contribution in [0.5, 0.6) is 11.5 Å². The molecule has 0 bridgehead atoms. The molecule has 0 saturated heterocycles. The zero-order valence-electron chi connectivity index (χ0n) is 11.8. The average Bonchev–Trinajstić information content (AvgIpc) is 2.47. The number of aliphatic hydroxyl groups is 1. The molecule has 5 nitrogen and oxygen atoms in total. The number of hydrogen-bond acceptors (Lipinski definition) is 3. The molecule has 2 aromatic rings. The highest BCUT2D eigenvalue weighted by atomic mass is 16.5. The standard InChI is InChI=1S/C16H18N2O3/c1-12-3-2-4-15(11-12)21-14-7-5-13(6-8-14)18-16(20)17-9-10-19/h2-8,11,19H,9-10H2,1H3,(H2,17,18,20). The predicted molar refractivity (Wildman–Crippen MR) is 81.8 cm³/mol. The van der Waals surface area contributed by atoms with Gasteiger partial charge in [-0.05, 0) is 48.9 Å². The summed E-state index contributed by atoms with van der Waals surface area (Å²) in [6, 6.07) is 14.5. The van der Waals surface area contributed by atoms with Gasteiger partial charge in [-0.3, -0.25) is 0 Å². The highest BCUT2D eigenvalue weighted by molar-refractivity contribution is 5.89. The van der Waals surface area contributed by atoms with Gasteiger partial charge in [0.15, 0.2) is 0 Å². The number of ether oxygens (including phenoxy) is 1. The van der Waals surface area contributed by atoms with E-state index in [1.807, 2.05) is 31.2 Å². The zero-order chi connectivity index (χ0) is 15.1. The Kier molecular flexibility index (Phi) is 5.17. The van der Waals surface area contributed by atoms with Gasteiger partial charge in [0.25, 0.3) is 0 Å². The molecule has 5 heteroatoms. The van der Waals surface area contributed by atoms with Gasteiger partial charge in [0.05, 0.1) is 6.61 Å². The zero-order valence-corrected chi connectivity index (χ0v) is 11.8. The fraction of sp³-hybridized carbons (Fsp3) is 0.188. The fourth-order valence-electron chi connectivity index (χ4n) is 1.77. The fourth-order valence-corrected chi connectivity index (χ4v) is 1.77. The average molecular weight is 286 g/mol. The maximum absolute atomic E-state index is 11.4. The van der Waals surface area contributed by atoms with E-state index in [4.69, 9.17) is 9.84 Å². The van der Waals surface area contributed by atoms with Gasteiger partial charge in [-0.1, -0.05) is 12.1 Å². The van der Waals surface area contributed by atoms with Crippen LogP contribution in [-0.2, 0) is 0 Å². The summed E-state index contributed by atoms with van der Waals surface area (Å²) in [7, 11) is 0. The Labute approximate surface area is 123 Å². The maximum Gasteiger partial charge on any atom is 0.319 e. The molecule has 0 saturated carbocycles. The molecule has 0 spiro atoms. The number of carbonyl (C=O) groups is 1. The summed E-state index contributed by atoms with van der Waals surface area (Å²) in [5.74, 6) is 1.47. The number of amides is 2. The van der Waals surface area contributed by atoms with Crippen molar-refractivity contribution in [3.63, 3.8) is 0 Å². The van der Waals surface area contributed by atoms with Gasteiger partial charge in [0, 0.05) is 12.2 Å². The van der Waals surface area contributed by atoms with E-state index in [-0.39, 0.29) is 19.2 Å². The van der Waals surface area contributed by atoms with Gasteiger partial charge in [0.2, 0.25) is 0 Å². The lowest BCUT2D eigenvalue weighted by Gasteiger charge is -2.09. The van der Waals surface area contributed by atoms with Gasteiger partial charge in [-0.2, -0.15) is 0 Å². The van der Waals surface area contributed by atoms with E-state index < -0.39 is 0 Å². The van der Waals surface area contributed by atoms with Crippen LogP contribution in [0.2, 0.25) is 0 Å². The number of aliphatic hydroxyl groups excluding tert-OH is 1. The molecule has 0 unspecified atom stereocenters. The van der Waals surface area contributed by atoms with Crippen molar-refractivity contribution in [2.45, 2.75) is 6.92 Å². The van der Waals surface area contributed by atoms with Crippen LogP contribution in [0.25, 0.3) is 0 Å². The maximum atomic E-state index is 11.4. The molecular formula is C16H18N2O3. The van der Waals surface area contributed by atoms with Crippen LogP contribution in [-0.4, -0.2) is 24.3 Å². The highest BCUT2D eigenvalue weighted by Crippen LogP contribution is 2.23.